The first kappa shape index (κ1) is 17.5. The lowest BCUT2D eigenvalue weighted by Gasteiger charge is -2.33. The van der Waals surface area contributed by atoms with Gasteiger partial charge < -0.3 is 9.42 Å². The molecule has 8 heteroatoms. The third-order valence-electron chi connectivity index (χ3n) is 4.85. The van der Waals surface area contributed by atoms with Crippen molar-refractivity contribution in [3.63, 3.8) is 0 Å². The Bertz CT molecular complexity index is 1060. The number of thiophene rings is 1. The number of nitrogens with zero attached hydrogens (tertiary/aromatic N) is 4. The van der Waals surface area contributed by atoms with Crippen LogP contribution in [0.3, 0.4) is 0 Å². The molecule has 5 rings (SSSR count). The molecule has 0 bridgehead atoms. The first-order chi connectivity index (χ1) is 13.8. The van der Waals surface area contributed by atoms with Crippen LogP contribution in [0.4, 0.5) is 0 Å². The molecule has 4 aromatic rings. The van der Waals surface area contributed by atoms with Crippen molar-refractivity contribution in [2.75, 3.05) is 26.2 Å². The average Bonchev–Trinajstić information content (AvgIpc) is 3.47. The van der Waals surface area contributed by atoms with Crippen LogP contribution >= 0.6 is 22.7 Å². The predicted octanol–water partition coefficient (Wildman–Crippen LogP) is 3.97. The number of benzene rings is 1. The van der Waals surface area contributed by atoms with Crippen LogP contribution in [0, 0.1) is 0 Å². The molecular formula is C20H18N4O2S2. The summed E-state index contributed by atoms with van der Waals surface area (Å²) in [5.41, 5.74) is 1.44. The number of aromatic nitrogens is 2. The van der Waals surface area contributed by atoms with Gasteiger partial charge in [-0.1, -0.05) is 23.4 Å². The molecule has 1 aromatic carbocycles. The quantitative estimate of drug-likeness (QED) is 0.509. The molecule has 0 atom stereocenters. The van der Waals surface area contributed by atoms with Crippen molar-refractivity contribution in [1.29, 1.82) is 0 Å². The lowest BCUT2D eigenvalue weighted by Crippen LogP contribution is -2.48. The van der Waals surface area contributed by atoms with E-state index in [0.29, 0.717) is 24.5 Å². The Hall–Kier alpha value is -2.55. The number of thiazole rings is 1. The molecule has 0 radical (unpaired) electrons. The van der Waals surface area contributed by atoms with Crippen LogP contribution in [0.15, 0.2) is 52.4 Å². The number of amides is 1. The normalized spacial score (nSPS) is 15.4. The standard InChI is InChI=1S/C20H18N4O2S2/c25-20(15-12-16(26-22-15)18-6-3-11-27-18)24-9-7-23(8-10-24)13-19-21-14-4-1-2-5-17(14)28-19/h1-6,11-12H,7-10,13H2. The number of carbonyl (C=O) groups is 1. The van der Waals surface area contributed by atoms with Crippen LogP contribution in [-0.2, 0) is 6.54 Å². The maximum atomic E-state index is 12.7. The predicted molar refractivity (Wildman–Crippen MR) is 111 cm³/mol. The van der Waals surface area contributed by atoms with Crippen molar-refractivity contribution in [2.24, 2.45) is 0 Å². The Morgan fingerprint density at radius 1 is 1.11 bits per heavy atom. The van der Waals surface area contributed by atoms with Gasteiger partial charge in [0.2, 0.25) is 0 Å². The molecule has 1 amide bonds. The summed E-state index contributed by atoms with van der Waals surface area (Å²) in [7, 11) is 0. The van der Waals surface area contributed by atoms with Gasteiger partial charge >= 0.3 is 0 Å². The summed E-state index contributed by atoms with van der Waals surface area (Å²) in [5, 5.41) is 7.08. The van der Waals surface area contributed by atoms with E-state index in [2.05, 4.69) is 16.1 Å². The number of hydrogen-bond acceptors (Lipinski definition) is 7. The maximum absolute atomic E-state index is 12.7. The lowest BCUT2D eigenvalue weighted by atomic mass is 10.2. The molecule has 1 aliphatic heterocycles. The molecule has 0 aliphatic carbocycles. The second-order valence-corrected chi connectivity index (χ2v) is 8.76. The van der Waals surface area contributed by atoms with Crippen LogP contribution in [0.25, 0.3) is 20.9 Å². The second kappa shape index (κ2) is 7.46. The third-order valence-corrected chi connectivity index (χ3v) is 6.76. The van der Waals surface area contributed by atoms with Crippen LogP contribution in [0.1, 0.15) is 15.5 Å². The zero-order valence-electron chi connectivity index (χ0n) is 15.1. The Morgan fingerprint density at radius 3 is 2.75 bits per heavy atom. The molecule has 0 saturated carbocycles. The van der Waals surface area contributed by atoms with Crippen molar-refractivity contribution in [1.82, 2.24) is 19.9 Å². The van der Waals surface area contributed by atoms with Gasteiger partial charge in [-0.3, -0.25) is 9.69 Å². The largest absolute Gasteiger partial charge is 0.355 e. The Labute approximate surface area is 170 Å². The minimum absolute atomic E-state index is 0.0637. The van der Waals surface area contributed by atoms with Gasteiger partial charge in [0.05, 0.1) is 21.6 Å². The highest BCUT2D eigenvalue weighted by Gasteiger charge is 2.25. The van der Waals surface area contributed by atoms with E-state index in [4.69, 9.17) is 9.51 Å². The fourth-order valence-corrected chi connectivity index (χ4v) is 5.04. The number of rotatable bonds is 4. The SMILES string of the molecule is O=C(c1cc(-c2cccs2)on1)N1CCN(Cc2nc3ccccc3s2)CC1. The van der Waals surface area contributed by atoms with E-state index in [0.717, 1.165) is 35.0 Å². The first-order valence-electron chi connectivity index (χ1n) is 9.13. The molecule has 1 aliphatic rings. The number of para-hydroxylation sites is 1. The van der Waals surface area contributed by atoms with Crippen LogP contribution in [0.2, 0.25) is 0 Å². The smallest absolute Gasteiger partial charge is 0.276 e. The molecule has 0 unspecified atom stereocenters. The van der Waals surface area contributed by atoms with Crippen LogP contribution in [0.5, 0.6) is 0 Å². The Morgan fingerprint density at radius 2 is 1.96 bits per heavy atom. The number of fused-ring (bicyclic) bond motifs is 1. The number of carbonyl (C=O) groups excluding carboxylic acids is 1. The zero-order chi connectivity index (χ0) is 18.9. The van der Waals surface area contributed by atoms with E-state index in [9.17, 15) is 4.79 Å². The highest BCUT2D eigenvalue weighted by molar-refractivity contribution is 7.18. The van der Waals surface area contributed by atoms with Gasteiger partial charge in [-0.2, -0.15) is 0 Å². The summed E-state index contributed by atoms with van der Waals surface area (Å²) in [4.78, 5) is 22.6. The van der Waals surface area contributed by atoms with Crippen molar-refractivity contribution >= 4 is 38.8 Å². The minimum Gasteiger partial charge on any atom is -0.355 e. The molecule has 6 nitrogen and oxygen atoms in total. The van der Waals surface area contributed by atoms with E-state index in [-0.39, 0.29) is 5.91 Å². The summed E-state index contributed by atoms with van der Waals surface area (Å²) in [6, 6.07) is 13.9. The topological polar surface area (TPSA) is 62.5 Å². The second-order valence-electron chi connectivity index (χ2n) is 6.70. The summed E-state index contributed by atoms with van der Waals surface area (Å²) in [6.07, 6.45) is 0. The molecule has 0 N–H and O–H groups in total. The minimum atomic E-state index is -0.0637. The van der Waals surface area contributed by atoms with Crippen LogP contribution in [-0.4, -0.2) is 52.0 Å². The fourth-order valence-electron chi connectivity index (χ4n) is 3.36. The van der Waals surface area contributed by atoms with Gasteiger partial charge in [0, 0.05) is 32.2 Å². The highest BCUT2D eigenvalue weighted by Crippen LogP contribution is 2.26. The summed E-state index contributed by atoms with van der Waals surface area (Å²) < 4.78 is 6.57. The van der Waals surface area contributed by atoms with Gasteiger partial charge in [0.1, 0.15) is 5.01 Å². The fraction of sp³-hybridized carbons (Fsp3) is 0.250. The first-order valence-corrected chi connectivity index (χ1v) is 10.8. The van der Waals surface area contributed by atoms with E-state index in [1.807, 2.05) is 40.6 Å². The number of piperazine rings is 1. The van der Waals surface area contributed by atoms with Gasteiger partial charge in [0.25, 0.3) is 5.91 Å². The summed E-state index contributed by atoms with van der Waals surface area (Å²) in [5.74, 6) is 0.582. The van der Waals surface area contributed by atoms with E-state index in [1.165, 1.54) is 4.70 Å². The van der Waals surface area contributed by atoms with Crippen molar-refractivity contribution in [3.8, 4) is 10.6 Å². The zero-order valence-corrected chi connectivity index (χ0v) is 16.7. The van der Waals surface area contributed by atoms with E-state index in [1.54, 1.807) is 28.7 Å². The molecule has 0 spiro atoms. The van der Waals surface area contributed by atoms with Gasteiger partial charge in [-0.05, 0) is 23.6 Å². The average molecular weight is 411 g/mol. The Kier molecular flexibility index (Phi) is 4.67. The van der Waals surface area contributed by atoms with Crippen LogP contribution < -0.4 is 0 Å². The Balaban J connectivity index is 1.20. The highest BCUT2D eigenvalue weighted by atomic mass is 32.1. The number of hydrogen-bond donors (Lipinski definition) is 0. The van der Waals surface area contributed by atoms with Crippen molar-refractivity contribution < 1.29 is 9.32 Å². The summed E-state index contributed by atoms with van der Waals surface area (Å²) in [6.45, 7) is 3.86. The molecule has 4 heterocycles. The molecule has 1 saturated heterocycles. The van der Waals surface area contributed by atoms with Crippen molar-refractivity contribution in [3.05, 3.63) is 58.5 Å². The van der Waals surface area contributed by atoms with Gasteiger partial charge in [0.15, 0.2) is 11.5 Å². The summed E-state index contributed by atoms with van der Waals surface area (Å²) >= 11 is 3.31. The molecule has 28 heavy (non-hydrogen) atoms. The molecule has 3 aromatic heterocycles. The van der Waals surface area contributed by atoms with Crippen molar-refractivity contribution in [2.45, 2.75) is 6.54 Å². The molecular weight excluding hydrogens is 392 g/mol. The molecule has 142 valence electrons. The maximum Gasteiger partial charge on any atom is 0.276 e. The van der Waals surface area contributed by atoms with E-state index < -0.39 is 0 Å². The third kappa shape index (κ3) is 3.46. The van der Waals surface area contributed by atoms with E-state index >= 15 is 0 Å². The molecule has 1 fully saturated rings. The van der Waals surface area contributed by atoms with Gasteiger partial charge in [-0.15, -0.1) is 22.7 Å². The lowest BCUT2D eigenvalue weighted by molar-refractivity contribution is 0.0618. The van der Waals surface area contributed by atoms with Gasteiger partial charge in [-0.25, -0.2) is 4.98 Å². The monoisotopic (exact) mass is 410 g/mol.